The van der Waals surface area contributed by atoms with Gasteiger partial charge in [-0.25, -0.2) is 0 Å². The lowest BCUT2D eigenvalue weighted by atomic mass is 9.74. The molecule has 0 heterocycles. The summed E-state index contributed by atoms with van der Waals surface area (Å²) >= 11 is 0. The number of allylic oxidation sites excluding steroid dienone is 1. The zero-order valence-electron chi connectivity index (χ0n) is 10.9. The Balaban J connectivity index is 1.96. The fourth-order valence-electron chi connectivity index (χ4n) is 4.77. The number of hydrogen-bond donors (Lipinski definition) is 1. The lowest BCUT2D eigenvalue weighted by Crippen LogP contribution is -2.38. The van der Waals surface area contributed by atoms with Crippen molar-refractivity contribution in [2.45, 2.75) is 46.1 Å². The van der Waals surface area contributed by atoms with Gasteiger partial charge in [0.05, 0.1) is 5.60 Å². The molecule has 0 saturated heterocycles. The molecule has 0 amide bonds. The van der Waals surface area contributed by atoms with Crippen molar-refractivity contribution in [2.75, 3.05) is 0 Å². The third kappa shape index (κ3) is 1.21. The van der Waals surface area contributed by atoms with E-state index in [9.17, 15) is 5.11 Å². The molecule has 0 aromatic heterocycles. The summed E-state index contributed by atoms with van der Waals surface area (Å²) in [5, 5.41) is 10.6. The van der Waals surface area contributed by atoms with E-state index in [0.717, 1.165) is 18.3 Å². The van der Waals surface area contributed by atoms with Crippen molar-refractivity contribution in [1.82, 2.24) is 0 Å². The van der Waals surface area contributed by atoms with Crippen LogP contribution >= 0.6 is 0 Å². The molecule has 3 aliphatic rings. The van der Waals surface area contributed by atoms with Crippen LogP contribution < -0.4 is 0 Å². The topological polar surface area (TPSA) is 20.2 Å². The van der Waals surface area contributed by atoms with Gasteiger partial charge in [0, 0.05) is 5.92 Å². The van der Waals surface area contributed by atoms with Crippen molar-refractivity contribution in [2.24, 2.45) is 35.0 Å². The minimum atomic E-state index is -0.463. The SMILES string of the molecule is C[C@@H]1C=C[C@@H]2[C@H]1[C@@H]1[C@H](CC[C@@]2(C)O)C1(C)C. The Morgan fingerprint density at radius 3 is 2.56 bits per heavy atom. The van der Waals surface area contributed by atoms with Crippen LogP contribution in [0.15, 0.2) is 12.2 Å². The van der Waals surface area contributed by atoms with Crippen molar-refractivity contribution < 1.29 is 5.11 Å². The highest BCUT2D eigenvalue weighted by molar-refractivity contribution is 5.21. The Morgan fingerprint density at radius 2 is 1.88 bits per heavy atom. The predicted molar refractivity (Wildman–Crippen MR) is 65.9 cm³/mol. The molecule has 1 N–H and O–H groups in total. The van der Waals surface area contributed by atoms with E-state index in [2.05, 4.69) is 32.9 Å². The van der Waals surface area contributed by atoms with Crippen LogP contribution in [0.1, 0.15) is 40.5 Å². The lowest BCUT2D eigenvalue weighted by Gasteiger charge is -2.35. The van der Waals surface area contributed by atoms with E-state index in [1.807, 2.05) is 6.92 Å². The zero-order chi connectivity index (χ0) is 11.7. The summed E-state index contributed by atoms with van der Waals surface area (Å²) in [5.74, 6) is 3.45. The highest BCUT2D eigenvalue weighted by atomic mass is 16.3. The van der Waals surface area contributed by atoms with Crippen LogP contribution in [0.2, 0.25) is 0 Å². The minimum Gasteiger partial charge on any atom is -0.390 e. The second-order valence-corrected chi connectivity index (χ2v) is 7.20. The first-order valence-corrected chi connectivity index (χ1v) is 6.76. The van der Waals surface area contributed by atoms with Crippen molar-refractivity contribution in [3.8, 4) is 0 Å². The summed E-state index contributed by atoms with van der Waals surface area (Å²) in [6.07, 6.45) is 6.83. The molecule has 0 aliphatic heterocycles. The van der Waals surface area contributed by atoms with Crippen LogP contribution in [-0.2, 0) is 0 Å². The predicted octanol–water partition coefficient (Wildman–Crippen LogP) is 3.24. The molecule has 0 aromatic carbocycles. The second kappa shape index (κ2) is 2.93. The normalized spacial score (nSPS) is 57.7. The molecule has 16 heavy (non-hydrogen) atoms. The molecule has 1 heteroatoms. The fourth-order valence-corrected chi connectivity index (χ4v) is 4.77. The maximum absolute atomic E-state index is 10.6. The van der Waals surface area contributed by atoms with Gasteiger partial charge in [0.1, 0.15) is 0 Å². The van der Waals surface area contributed by atoms with Crippen LogP contribution in [0.3, 0.4) is 0 Å². The van der Waals surface area contributed by atoms with Crippen LogP contribution in [-0.4, -0.2) is 10.7 Å². The highest BCUT2D eigenvalue weighted by Crippen LogP contribution is 2.70. The lowest BCUT2D eigenvalue weighted by molar-refractivity contribution is -0.0160. The Morgan fingerprint density at radius 1 is 1.19 bits per heavy atom. The molecule has 3 aliphatic carbocycles. The maximum atomic E-state index is 10.6. The summed E-state index contributed by atoms with van der Waals surface area (Å²) in [7, 11) is 0. The number of rotatable bonds is 0. The molecule has 90 valence electrons. The van der Waals surface area contributed by atoms with Crippen molar-refractivity contribution >= 4 is 0 Å². The number of hydrogen-bond acceptors (Lipinski definition) is 1. The Hall–Kier alpha value is -0.300. The molecular weight excluding hydrogens is 196 g/mol. The van der Waals surface area contributed by atoms with Gasteiger partial charge in [0.2, 0.25) is 0 Å². The third-order valence-corrected chi connectivity index (χ3v) is 5.88. The monoisotopic (exact) mass is 220 g/mol. The van der Waals surface area contributed by atoms with Crippen LogP contribution in [0.4, 0.5) is 0 Å². The van der Waals surface area contributed by atoms with Gasteiger partial charge < -0.3 is 5.11 Å². The van der Waals surface area contributed by atoms with Crippen molar-refractivity contribution in [3.05, 3.63) is 12.2 Å². The summed E-state index contributed by atoms with van der Waals surface area (Å²) in [6, 6.07) is 0. The average molecular weight is 220 g/mol. The Bertz CT molecular complexity index is 339. The quantitative estimate of drug-likeness (QED) is 0.621. The first-order valence-electron chi connectivity index (χ1n) is 6.76. The fraction of sp³-hybridized carbons (Fsp3) is 0.867. The van der Waals surface area contributed by atoms with E-state index in [-0.39, 0.29) is 0 Å². The standard InChI is InChI=1S/C15H24O/c1-9-5-6-10-12(9)13-11(14(13,2)3)7-8-15(10,4)16/h5-6,9-13,16H,7-8H2,1-4H3/t9-,10-,11+,12+,13+,15-/m1/s1. The Kier molecular flexibility index (Phi) is 1.98. The maximum Gasteiger partial charge on any atom is 0.0685 e. The van der Waals surface area contributed by atoms with Gasteiger partial charge >= 0.3 is 0 Å². The average Bonchev–Trinajstić information content (AvgIpc) is 2.51. The first-order chi connectivity index (χ1) is 7.36. The smallest absolute Gasteiger partial charge is 0.0685 e. The Labute approximate surface area is 98.9 Å². The largest absolute Gasteiger partial charge is 0.390 e. The second-order valence-electron chi connectivity index (χ2n) is 7.20. The van der Waals surface area contributed by atoms with E-state index in [4.69, 9.17) is 0 Å². The molecule has 0 aromatic rings. The summed E-state index contributed by atoms with van der Waals surface area (Å²) < 4.78 is 0. The number of fused-ring (bicyclic) bond motifs is 3. The van der Waals surface area contributed by atoms with Crippen molar-refractivity contribution in [3.63, 3.8) is 0 Å². The number of aliphatic hydroxyl groups is 1. The summed E-state index contributed by atoms with van der Waals surface area (Å²) in [4.78, 5) is 0. The van der Waals surface area contributed by atoms with Gasteiger partial charge in [-0.2, -0.15) is 0 Å². The first kappa shape index (κ1) is 10.8. The molecule has 0 radical (unpaired) electrons. The zero-order valence-corrected chi connectivity index (χ0v) is 10.9. The highest BCUT2D eigenvalue weighted by Gasteiger charge is 2.65. The molecule has 1 nitrogen and oxygen atoms in total. The van der Waals surface area contributed by atoms with Crippen molar-refractivity contribution in [1.29, 1.82) is 0 Å². The van der Waals surface area contributed by atoms with Crippen LogP contribution in [0.25, 0.3) is 0 Å². The summed E-state index contributed by atoms with van der Waals surface area (Å²) in [5.41, 5.74) is 0.0646. The van der Waals surface area contributed by atoms with E-state index >= 15 is 0 Å². The molecular formula is C15H24O. The molecule has 0 unspecified atom stereocenters. The van der Waals surface area contributed by atoms with E-state index in [1.165, 1.54) is 6.42 Å². The van der Waals surface area contributed by atoms with Gasteiger partial charge in [0.15, 0.2) is 0 Å². The van der Waals surface area contributed by atoms with Gasteiger partial charge in [-0.3, -0.25) is 0 Å². The molecule has 3 rings (SSSR count). The van der Waals surface area contributed by atoms with E-state index < -0.39 is 5.60 Å². The van der Waals surface area contributed by atoms with Crippen LogP contribution in [0.5, 0.6) is 0 Å². The third-order valence-electron chi connectivity index (χ3n) is 5.88. The summed E-state index contributed by atoms with van der Waals surface area (Å²) in [6.45, 7) is 9.22. The molecule has 0 spiro atoms. The van der Waals surface area contributed by atoms with Crippen LogP contribution in [0, 0.1) is 35.0 Å². The minimum absolute atomic E-state index is 0.402. The van der Waals surface area contributed by atoms with E-state index in [1.54, 1.807) is 0 Å². The van der Waals surface area contributed by atoms with Gasteiger partial charge in [-0.15, -0.1) is 0 Å². The van der Waals surface area contributed by atoms with Gasteiger partial charge in [-0.05, 0) is 48.9 Å². The van der Waals surface area contributed by atoms with Gasteiger partial charge in [-0.1, -0.05) is 32.9 Å². The molecule has 0 bridgehead atoms. The molecule has 6 atom stereocenters. The molecule has 2 saturated carbocycles. The molecule has 2 fully saturated rings. The van der Waals surface area contributed by atoms with E-state index in [0.29, 0.717) is 23.2 Å². The van der Waals surface area contributed by atoms with Gasteiger partial charge in [0.25, 0.3) is 0 Å².